The molecule has 1 aliphatic carbocycles. The number of hydrogen-bond acceptors (Lipinski definition) is 2. The molecule has 116 valence electrons. The van der Waals surface area contributed by atoms with Crippen molar-refractivity contribution in [3.8, 4) is 22.8 Å². The molecule has 0 bridgehead atoms. The van der Waals surface area contributed by atoms with Gasteiger partial charge < -0.3 is 21.9 Å². The van der Waals surface area contributed by atoms with Crippen LogP contribution in [0.2, 0.25) is 5.02 Å². The Kier molecular flexibility index (Phi) is 4.63. The Morgan fingerprint density at radius 1 is 1.09 bits per heavy atom. The van der Waals surface area contributed by atoms with Crippen molar-refractivity contribution >= 4 is 22.5 Å². The van der Waals surface area contributed by atoms with Gasteiger partial charge in [-0.1, -0.05) is 17.7 Å². The van der Waals surface area contributed by atoms with E-state index in [2.05, 4.69) is 0 Å². The fourth-order valence-electron chi connectivity index (χ4n) is 2.68. The largest absolute Gasteiger partial charge is 1.00 e. The number of halogens is 3. The molecule has 1 aromatic carbocycles. The van der Waals surface area contributed by atoms with E-state index in [1.54, 1.807) is 25.3 Å². The molecule has 0 unspecified atom stereocenters. The molecule has 0 atom stereocenters. The van der Waals surface area contributed by atoms with Gasteiger partial charge in [-0.2, -0.15) is 4.57 Å². The molecule has 0 aromatic heterocycles. The highest BCUT2D eigenvalue weighted by molar-refractivity contribution is 6.33. The second-order valence-electron chi connectivity index (χ2n) is 4.73. The van der Waals surface area contributed by atoms with Crippen LogP contribution in [0.1, 0.15) is 0 Å². The monoisotopic (exact) mass is 341 g/mol. The number of aryl methyl sites for hydroxylation is 1. The maximum Gasteiger partial charge on any atom is 0.232 e. The molecule has 1 heterocycles. The van der Waals surface area contributed by atoms with Gasteiger partial charge in [-0.25, -0.2) is 4.39 Å². The van der Waals surface area contributed by atoms with Gasteiger partial charge in [-0.05, 0) is 12.1 Å². The van der Waals surface area contributed by atoms with Gasteiger partial charge in [0.2, 0.25) is 11.2 Å². The van der Waals surface area contributed by atoms with Crippen LogP contribution in [-0.2, 0) is 7.05 Å². The van der Waals surface area contributed by atoms with Crippen molar-refractivity contribution < 1.29 is 30.8 Å². The first-order chi connectivity index (χ1) is 10.1. The number of fused-ring (bicyclic) bond motifs is 3. The van der Waals surface area contributed by atoms with Crippen molar-refractivity contribution in [3.05, 3.63) is 41.2 Å². The standard InChI is InChI=1S/C16H14ClFNO2.ClH/c1-19-12-6-4-5-11(18)15(12)9-7-13(20-2)14(21-3)8-10(17)16(9)19;/h4-8H,1-3H3;1H/q+1;/p-1. The van der Waals surface area contributed by atoms with E-state index < -0.39 is 0 Å². The Morgan fingerprint density at radius 2 is 1.73 bits per heavy atom. The van der Waals surface area contributed by atoms with Gasteiger partial charge in [0, 0.05) is 12.1 Å². The maximum absolute atomic E-state index is 14.3. The van der Waals surface area contributed by atoms with Crippen LogP contribution in [0, 0.1) is 5.82 Å². The summed E-state index contributed by atoms with van der Waals surface area (Å²) in [5.41, 5.74) is 2.20. The number of methoxy groups -OCH3 is 2. The topological polar surface area (TPSA) is 22.3 Å². The fraction of sp³-hybridized carbons (Fsp3) is 0.188. The normalized spacial score (nSPS) is 10.6. The van der Waals surface area contributed by atoms with E-state index in [9.17, 15) is 4.39 Å². The third kappa shape index (κ3) is 2.32. The fourth-order valence-corrected chi connectivity index (χ4v) is 3.01. The predicted molar refractivity (Wildman–Crippen MR) is 79.8 cm³/mol. The van der Waals surface area contributed by atoms with E-state index >= 15 is 0 Å². The lowest BCUT2D eigenvalue weighted by atomic mass is 10.1. The van der Waals surface area contributed by atoms with Crippen molar-refractivity contribution in [2.24, 2.45) is 7.05 Å². The number of rotatable bonds is 2. The molecule has 3 rings (SSSR count). The quantitative estimate of drug-likeness (QED) is 0.636. The molecule has 0 spiro atoms. The minimum absolute atomic E-state index is 0. The van der Waals surface area contributed by atoms with Crippen molar-refractivity contribution in [2.75, 3.05) is 14.2 Å². The first-order valence-electron chi connectivity index (χ1n) is 6.40. The van der Waals surface area contributed by atoms with Crippen molar-refractivity contribution in [1.29, 1.82) is 0 Å². The van der Waals surface area contributed by atoms with Crippen LogP contribution in [0.3, 0.4) is 0 Å². The number of hydrogen-bond donors (Lipinski definition) is 0. The van der Waals surface area contributed by atoms with Gasteiger partial charge >= 0.3 is 0 Å². The van der Waals surface area contributed by atoms with Gasteiger partial charge in [0.1, 0.15) is 17.9 Å². The molecular formula is C16H14Cl2FNO2. The molecule has 0 saturated carbocycles. The van der Waals surface area contributed by atoms with Crippen LogP contribution in [0.15, 0.2) is 30.3 Å². The zero-order valence-corrected chi connectivity index (χ0v) is 13.8. The number of nitrogens with zero attached hydrogens (tertiary/aromatic N) is 1. The van der Waals surface area contributed by atoms with Gasteiger partial charge in [0.25, 0.3) is 0 Å². The lowest BCUT2D eigenvalue weighted by Gasteiger charge is -2.02. The summed E-state index contributed by atoms with van der Waals surface area (Å²) < 4.78 is 26.8. The maximum atomic E-state index is 14.3. The van der Waals surface area contributed by atoms with Crippen LogP contribution in [-0.4, -0.2) is 14.2 Å². The highest BCUT2D eigenvalue weighted by Gasteiger charge is 2.29. The Hall–Kier alpha value is -1.78. The molecule has 0 fully saturated rings. The molecule has 1 aliphatic heterocycles. The molecule has 0 saturated heterocycles. The Labute approximate surface area is 139 Å². The van der Waals surface area contributed by atoms with Crippen LogP contribution in [0.25, 0.3) is 22.2 Å². The first kappa shape index (κ1) is 16.6. The summed E-state index contributed by atoms with van der Waals surface area (Å²) in [6, 6.07) is 8.41. The average Bonchev–Trinajstić information content (AvgIpc) is 2.67. The summed E-state index contributed by atoms with van der Waals surface area (Å²) >= 11 is 6.40. The number of benzene rings is 1. The molecule has 0 N–H and O–H groups in total. The van der Waals surface area contributed by atoms with E-state index in [1.165, 1.54) is 13.2 Å². The highest BCUT2D eigenvalue weighted by atomic mass is 35.5. The first-order valence-corrected chi connectivity index (χ1v) is 6.77. The van der Waals surface area contributed by atoms with E-state index in [1.807, 2.05) is 17.7 Å². The van der Waals surface area contributed by atoms with E-state index in [4.69, 9.17) is 21.1 Å². The van der Waals surface area contributed by atoms with Crippen molar-refractivity contribution in [3.63, 3.8) is 0 Å². The van der Waals surface area contributed by atoms with E-state index in [-0.39, 0.29) is 18.2 Å². The summed E-state index contributed by atoms with van der Waals surface area (Å²) in [6.07, 6.45) is 0. The van der Waals surface area contributed by atoms with Crippen molar-refractivity contribution in [1.82, 2.24) is 0 Å². The SMILES string of the molecule is COc1cc(Cl)c2[n+](C)c3cccc(F)c3c-2cc1OC.[Cl-]. The number of ether oxygens (including phenoxy) is 2. The Balaban J connectivity index is 0.00000176. The van der Waals surface area contributed by atoms with Gasteiger partial charge in [-0.3, -0.25) is 0 Å². The zero-order valence-electron chi connectivity index (χ0n) is 12.3. The van der Waals surface area contributed by atoms with Gasteiger partial charge in [0.05, 0.1) is 25.2 Å². The Bertz CT molecular complexity index is 823. The number of aromatic nitrogens is 1. The summed E-state index contributed by atoms with van der Waals surface area (Å²) in [6.45, 7) is 0. The minimum Gasteiger partial charge on any atom is -1.00 e. The minimum atomic E-state index is -0.290. The third-order valence-corrected chi connectivity index (χ3v) is 3.94. The molecular weight excluding hydrogens is 328 g/mol. The second kappa shape index (κ2) is 6.15. The lowest BCUT2D eigenvalue weighted by Crippen LogP contribution is -3.00. The van der Waals surface area contributed by atoms with E-state index in [0.717, 1.165) is 11.2 Å². The Morgan fingerprint density at radius 3 is 2.36 bits per heavy atom. The summed E-state index contributed by atoms with van der Waals surface area (Å²) in [5, 5.41) is 0.997. The van der Waals surface area contributed by atoms with Crippen LogP contribution >= 0.6 is 11.6 Å². The smallest absolute Gasteiger partial charge is 0.232 e. The third-order valence-electron chi connectivity index (χ3n) is 3.65. The zero-order chi connectivity index (χ0) is 15.1. The summed E-state index contributed by atoms with van der Waals surface area (Å²) in [4.78, 5) is 0. The van der Waals surface area contributed by atoms with Crippen molar-refractivity contribution in [2.45, 2.75) is 0 Å². The van der Waals surface area contributed by atoms with Crippen LogP contribution in [0.4, 0.5) is 4.39 Å². The molecule has 1 aromatic rings. The van der Waals surface area contributed by atoms with Crippen LogP contribution in [0.5, 0.6) is 11.5 Å². The molecule has 6 heteroatoms. The average molecular weight is 342 g/mol. The van der Waals surface area contributed by atoms with E-state index in [0.29, 0.717) is 27.5 Å². The molecule has 2 aliphatic rings. The molecule has 3 nitrogen and oxygen atoms in total. The second-order valence-corrected chi connectivity index (χ2v) is 5.14. The summed E-state index contributed by atoms with van der Waals surface area (Å²) in [5.74, 6) is 0.717. The predicted octanol–water partition coefficient (Wildman–Crippen LogP) is 0.583. The van der Waals surface area contributed by atoms with Gasteiger partial charge in [-0.15, -0.1) is 0 Å². The highest BCUT2D eigenvalue weighted by Crippen LogP contribution is 2.40. The summed E-state index contributed by atoms with van der Waals surface area (Å²) in [7, 11) is 4.94. The van der Waals surface area contributed by atoms with Crippen LogP contribution < -0.4 is 26.4 Å². The lowest BCUT2D eigenvalue weighted by molar-refractivity contribution is -0.631. The molecule has 22 heavy (non-hydrogen) atoms. The van der Waals surface area contributed by atoms with Gasteiger partial charge in [0.15, 0.2) is 11.5 Å². The molecule has 0 radical (unpaired) electrons. The molecule has 0 amide bonds.